The Labute approximate surface area is 105 Å². The summed E-state index contributed by atoms with van der Waals surface area (Å²) in [6, 6.07) is 7.81. The molecule has 1 unspecified atom stereocenters. The maximum atomic E-state index is 12.5. The van der Waals surface area contributed by atoms with Gasteiger partial charge in [-0.2, -0.15) is 0 Å². The Kier molecular flexibility index (Phi) is 3.97. The summed E-state index contributed by atoms with van der Waals surface area (Å²) in [6.07, 6.45) is 1.08. The van der Waals surface area contributed by atoms with E-state index in [2.05, 4.69) is 0 Å². The Morgan fingerprint density at radius 2 is 2.06 bits per heavy atom. The first kappa shape index (κ1) is 13.0. The number of aromatic nitrogens is 1. The van der Waals surface area contributed by atoms with Gasteiger partial charge in [-0.25, -0.2) is 8.78 Å². The van der Waals surface area contributed by atoms with Crippen LogP contribution in [0.3, 0.4) is 0 Å². The van der Waals surface area contributed by atoms with E-state index in [0.717, 1.165) is 29.3 Å². The molecule has 0 aliphatic rings. The SMILES string of the molecule is CCC(N)Cc1cccc2c1ccn2CC(F)F. The largest absolute Gasteiger partial charge is 0.342 e. The van der Waals surface area contributed by atoms with E-state index in [0.29, 0.717) is 0 Å². The molecule has 0 amide bonds. The average molecular weight is 252 g/mol. The van der Waals surface area contributed by atoms with Crippen molar-refractivity contribution in [3.63, 3.8) is 0 Å². The van der Waals surface area contributed by atoms with Gasteiger partial charge >= 0.3 is 0 Å². The third-order valence-electron chi connectivity index (χ3n) is 3.25. The van der Waals surface area contributed by atoms with Gasteiger partial charge in [-0.15, -0.1) is 0 Å². The predicted octanol–water partition coefficient (Wildman–Crippen LogP) is 3.19. The molecule has 0 fully saturated rings. The monoisotopic (exact) mass is 252 g/mol. The van der Waals surface area contributed by atoms with Crippen LogP contribution in [0, 0.1) is 0 Å². The van der Waals surface area contributed by atoms with Crippen LogP contribution in [0.4, 0.5) is 8.78 Å². The van der Waals surface area contributed by atoms with Crippen molar-refractivity contribution in [1.82, 2.24) is 4.57 Å². The standard InChI is InChI=1S/C14H18F2N2/c1-2-11(17)8-10-4-3-5-13-12(10)6-7-18(13)9-14(15)16/h3-7,11,14H,2,8-9,17H2,1H3. The van der Waals surface area contributed by atoms with E-state index >= 15 is 0 Å². The molecule has 1 aromatic heterocycles. The minimum absolute atomic E-state index is 0.119. The third kappa shape index (κ3) is 2.70. The zero-order chi connectivity index (χ0) is 13.1. The molecule has 0 aliphatic carbocycles. The smallest absolute Gasteiger partial charge is 0.256 e. The maximum Gasteiger partial charge on any atom is 0.256 e. The van der Waals surface area contributed by atoms with E-state index in [1.807, 2.05) is 31.2 Å². The molecule has 2 rings (SSSR count). The van der Waals surface area contributed by atoms with Gasteiger partial charge in [0, 0.05) is 23.1 Å². The summed E-state index contributed by atoms with van der Waals surface area (Å²) in [6.45, 7) is 1.79. The molecule has 0 bridgehead atoms. The van der Waals surface area contributed by atoms with E-state index in [-0.39, 0.29) is 12.6 Å². The number of rotatable bonds is 5. The minimum Gasteiger partial charge on any atom is -0.342 e. The molecule has 0 saturated heterocycles. The molecule has 18 heavy (non-hydrogen) atoms. The highest BCUT2D eigenvalue weighted by Gasteiger charge is 2.10. The molecule has 4 heteroatoms. The second-order valence-corrected chi connectivity index (χ2v) is 4.58. The molecule has 0 saturated carbocycles. The fraction of sp³-hybridized carbons (Fsp3) is 0.429. The van der Waals surface area contributed by atoms with Crippen molar-refractivity contribution in [1.29, 1.82) is 0 Å². The quantitative estimate of drug-likeness (QED) is 0.870. The number of benzene rings is 1. The Bertz CT molecular complexity index is 519. The van der Waals surface area contributed by atoms with E-state index < -0.39 is 6.43 Å². The fourth-order valence-electron chi connectivity index (χ4n) is 2.20. The van der Waals surface area contributed by atoms with E-state index in [4.69, 9.17) is 5.73 Å². The summed E-state index contributed by atoms with van der Waals surface area (Å²) in [7, 11) is 0. The maximum absolute atomic E-state index is 12.5. The summed E-state index contributed by atoms with van der Waals surface area (Å²) >= 11 is 0. The molecule has 2 N–H and O–H groups in total. The van der Waals surface area contributed by atoms with Crippen molar-refractivity contribution < 1.29 is 8.78 Å². The van der Waals surface area contributed by atoms with Gasteiger partial charge in [-0.1, -0.05) is 19.1 Å². The molecule has 1 heterocycles. The first-order valence-corrected chi connectivity index (χ1v) is 6.22. The van der Waals surface area contributed by atoms with Crippen LogP contribution < -0.4 is 5.73 Å². The van der Waals surface area contributed by atoms with Crippen LogP contribution in [0.15, 0.2) is 30.5 Å². The lowest BCUT2D eigenvalue weighted by molar-refractivity contribution is 0.128. The van der Waals surface area contributed by atoms with Crippen molar-refractivity contribution in [3.05, 3.63) is 36.0 Å². The Balaban J connectivity index is 2.36. The molecule has 2 nitrogen and oxygen atoms in total. The van der Waals surface area contributed by atoms with Crippen LogP contribution in [-0.2, 0) is 13.0 Å². The number of alkyl halides is 2. The second kappa shape index (κ2) is 5.48. The molecule has 0 radical (unpaired) electrons. The van der Waals surface area contributed by atoms with Gasteiger partial charge in [0.1, 0.15) is 0 Å². The zero-order valence-electron chi connectivity index (χ0n) is 10.4. The molecule has 1 atom stereocenters. The average Bonchev–Trinajstić information content (AvgIpc) is 2.73. The minimum atomic E-state index is -2.33. The summed E-state index contributed by atoms with van der Waals surface area (Å²) in [4.78, 5) is 0. The summed E-state index contributed by atoms with van der Waals surface area (Å²) in [5, 5.41) is 1.03. The molecule has 98 valence electrons. The van der Waals surface area contributed by atoms with Gasteiger partial charge in [-0.3, -0.25) is 0 Å². The highest BCUT2D eigenvalue weighted by Crippen LogP contribution is 2.22. The van der Waals surface area contributed by atoms with Gasteiger partial charge < -0.3 is 10.3 Å². The van der Waals surface area contributed by atoms with Gasteiger partial charge in [-0.05, 0) is 30.5 Å². The first-order chi connectivity index (χ1) is 8.61. The van der Waals surface area contributed by atoms with Crippen LogP contribution in [0.5, 0.6) is 0 Å². The first-order valence-electron chi connectivity index (χ1n) is 6.22. The molecular weight excluding hydrogens is 234 g/mol. The Morgan fingerprint density at radius 3 is 2.72 bits per heavy atom. The fourth-order valence-corrected chi connectivity index (χ4v) is 2.20. The lowest BCUT2D eigenvalue weighted by Gasteiger charge is -2.10. The van der Waals surface area contributed by atoms with Crippen molar-refractivity contribution in [2.45, 2.75) is 38.8 Å². The summed E-state index contributed by atoms with van der Waals surface area (Å²) in [5.74, 6) is 0. The summed E-state index contributed by atoms with van der Waals surface area (Å²) in [5.41, 5.74) is 7.95. The van der Waals surface area contributed by atoms with E-state index in [1.165, 1.54) is 0 Å². The molecule has 1 aromatic carbocycles. The Hall–Kier alpha value is -1.42. The lowest BCUT2D eigenvalue weighted by Crippen LogP contribution is -2.21. The van der Waals surface area contributed by atoms with Gasteiger partial charge in [0.25, 0.3) is 6.43 Å². The van der Waals surface area contributed by atoms with Crippen molar-refractivity contribution in [2.24, 2.45) is 5.73 Å². The van der Waals surface area contributed by atoms with Crippen molar-refractivity contribution in [2.75, 3.05) is 0 Å². The summed E-state index contributed by atoms with van der Waals surface area (Å²) < 4.78 is 26.5. The van der Waals surface area contributed by atoms with Gasteiger partial charge in [0.2, 0.25) is 0 Å². The van der Waals surface area contributed by atoms with Crippen LogP contribution >= 0.6 is 0 Å². The van der Waals surface area contributed by atoms with Crippen LogP contribution in [0.2, 0.25) is 0 Å². The van der Waals surface area contributed by atoms with Crippen molar-refractivity contribution in [3.8, 4) is 0 Å². The molecule has 2 aromatic rings. The predicted molar refractivity (Wildman–Crippen MR) is 69.9 cm³/mol. The van der Waals surface area contributed by atoms with Crippen LogP contribution in [0.25, 0.3) is 10.9 Å². The number of fused-ring (bicyclic) bond motifs is 1. The van der Waals surface area contributed by atoms with E-state index in [9.17, 15) is 8.78 Å². The number of halogens is 2. The third-order valence-corrected chi connectivity index (χ3v) is 3.25. The Morgan fingerprint density at radius 1 is 1.28 bits per heavy atom. The number of hydrogen-bond donors (Lipinski definition) is 1. The molecular formula is C14H18F2N2. The highest BCUT2D eigenvalue weighted by molar-refractivity contribution is 5.83. The van der Waals surface area contributed by atoms with Crippen LogP contribution in [0.1, 0.15) is 18.9 Å². The molecule has 0 spiro atoms. The van der Waals surface area contributed by atoms with Crippen LogP contribution in [-0.4, -0.2) is 17.0 Å². The number of nitrogens with zero attached hydrogens (tertiary/aromatic N) is 1. The highest BCUT2D eigenvalue weighted by atomic mass is 19.3. The number of nitrogens with two attached hydrogens (primary N) is 1. The topological polar surface area (TPSA) is 30.9 Å². The zero-order valence-corrected chi connectivity index (χ0v) is 10.4. The lowest BCUT2D eigenvalue weighted by atomic mass is 10.0. The van der Waals surface area contributed by atoms with E-state index in [1.54, 1.807) is 10.8 Å². The van der Waals surface area contributed by atoms with Gasteiger partial charge in [0.15, 0.2) is 0 Å². The van der Waals surface area contributed by atoms with Gasteiger partial charge in [0.05, 0.1) is 6.54 Å². The van der Waals surface area contributed by atoms with Crippen molar-refractivity contribution >= 4 is 10.9 Å². The second-order valence-electron chi connectivity index (χ2n) is 4.58. The molecule has 0 aliphatic heterocycles. The number of hydrogen-bond acceptors (Lipinski definition) is 1. The normalized spacial score (nSPS) is 13.4.